The van der Waals surface area contributed by atoms with Gasteiger partial charge >= 0.3 is 0 Å². The van der Waals surface area contributed by atoms with Crippen molar-refractivity contribution < 1.29 is 13.6 Å². The van der Waals surface area contributed by atoms with Crippen molar-refractivity contribution in [1.82, 2.24) is 19.9 Å². The van der Waals surface area contributed by atoms with Crippen molar-refractivity contribution in [2.45, 2.75) is 26.3 Å². The number of rotatable bonds is 4. The number of aryl methyl sites for hydroxylation is 1. The van der Waals surface area contributed by atoms with Crippen molar-refractivity contribution in [3.63, 3.8) is 0 Å². The fourth-order valence-electron chi connectivity index (χ4n) is 3.65. The van der Waals surface area contributed by atoms with Crippen LogP contribution in [-0.4, -0.2) is 33.6 Å². The van der Waals surface area contributed by atoms with Crippen LogP contribution in [0, 0.1) is 24.5 Å². The first-order chi connectivity index (χ1) is 13.5. The molecule has 1 amide bonds. The first-order valence-corrected chi connectivity index (χ1v) is 9.30. The normalized spacial score (nSPS) is 17.1. The lowest BCUT2D eigenvalue weighted by molar-refractivity contribution is -0.125. The van der Waals surface area contributed by atoms with E-state index in [0.29, 0.717) is 6.54 Å². The minimum atomic E-state index is -0.657. The molecular formula is C20H21F2N5O. The van der Waals surface area contributed by atoms with Crippen molar-refractivity contribution in [1.29, 1.82) is 0 Å². The molecule has 0 spiro atoms. The highest BCUT2D eigenvalue weighted by atomic mass is 19.1. The molecular weight excluding hydrogens is 364 g/mol. The number of carbonyl (C=O) groups is 1. The van der Waals surface area contributed by atoms with Gasteiger partial charge < -0.3 is 10.2 Å². The van der Waals surface area contributed by atoms with Crippen molar-refractivity contribution in [2.24, 2.45) is 5.92 Å². The minimum absolute atomic E-state index is 0.0361. The lowest BCUT2D eigenvalue weighted by atomic mass is 9.97. The van der Waals surface area contributed by atoms with Crippen LogP contribution in [0.5, 0.6) is 0 Å². The van der Waals surface area contributed by atoms with E-state index in [-0.39, 0.29) is 23.9 Å². The van der Waals surface area contributed by atoms with Gasteiger partial charge in [0.2, 0.25) is 11.9 Å². The molecule has 0 bridgehead atoms. The van der Waals surface area contributed by atoms with Crippen LogP contribution in [0.2, 0.25) is 0 Å². The standard InChI is InChI=1S/C20H21F2N5O/c1-13-4-2-6-18-24-25-20(27(13)18)26-9-3-5-15(12-26)19(28)23-11-14-7-8-16(21)10-17(14)22/h2,4,6-8,10,15H,3,5,9,11-12H2,1H3,(H,23,28)/t15-/m1/s1. The predicted octanol–water partition coefficient (Wildman–Crippen LogP) is 2.85. The Balaban J connectivity index is 1.45. The van der Waals surface area contributed by atoms with Gasteiger partial charge in [-0.05, 0) is 38.0 Å². The Kier molecular flexibility index (Phi) is 4.93. The molecule has 0 radical (unpaired) electrons. The van der Waals surface area contributed by atoms with Gasteiger partial charge in [-0.15, -0.1) is 10.2 Å². The summed E-state index contributed by atoms with van der Waals surface area (Å²) in [6.45, 7) is 3.35. The molecule has 0 aliphatic carbocycles. The quantitative estimate of drug-likeness (QED) is 0.750. The Morgan fingerprint density at radius 1 is 1.25 bits per heavy atom. The SMILES string of the molecule is Cc1cccc2nnc(N3CCC[C@@H](C(=O)NCc4ccc(F)cc4F)C3)n12. The zero-order chi connectivity index (χ0) is 19.7. The van der Waals surface area contributed by atoms with Crippen LogP contribution in [0.4, 0.5) is 14.7 Å². The number of piperidine rings is 1. The molecule has 1 N–H and O–H groups in total. The van der Waals surface area contributed by atoms with Crippen LogP contribution in [0.15, 0.2) is 36.4 Å². The molecule has 1 aliphatic rings. The van der Waals surface area contributed by atoms with Gasteiger partial charge in [-0.1, -0.05) is 12.1 Å². The van der Waals surface area contributed by atoms with Crippen LogP contribution in [0.3, 0.4) is 0 Å². The molecule has 1 aromatic carbocycles. The van der Waals surface area contributed by atoms with Crippen molar-refractivity contribution in [3.05, 3.63) is 59.3 Å². The van der Waals surface area contributed by atoms with Gasteiger partial charge in [0.15, 0.2) is 5.65 Å². The van der Waals surface area contributed by atoms with Gasteiger partial charge in [-0.2, -0.15) is 0 Å². The first-order valence-electron chi connectivity index (χ1n) is 9.30. The number of hydrogen-bond donors (Lipinski definition) is 1. The second-order valence-electron chi connectivity index (χ2n) is 7.10. The summed E-state index contributed by atoms with van der Waals surface area (Å²) in [5.41, 5.74) is 2.06. The number of carbonyl (C=O) groups excluding carboxylic acids is 1. The Bertz CT molecular complexity index is 1020. The Morgan fingerprint density at radius 2 is 2.11 bits per heavy atom. The van der Waals surface area contributed by atoms with E-state index in [2.05, 4.69) is 20.4 Å². The second kappa shape index (κ2) is 7.53. The molecule has 1 fully saturated rings. The molecule has 0 unspecified atom stereocenters. The predicted molar refractivity (Wildman–Crippen MR) is 101 cm³/mol. The summed E-state index contributed by atoms with van der Waals surface area (Å²) in [7, 11) is 0. The molecule has 1 atom stereocenters. The maximum absolute atomic E-state index is 13.8. The van der Waals surface area contributed by atoms with Gasteiger partial charge in [0.1, 0.15) is 11.6 Å². The van der Waals surface area contributed by atoms with Gasteiger partial charge in [0.05, 0.1) is 5.92 Å². The van der Waals surface area contributed by atoms with E-state index in [4.69, 9.17) is 0 Å². The van der Waals surface area contributed by atoms with Gasteiger partial charge in [0, 0.05) is 37.0 Å². The van der Waals surface area contributed by atoms with E-state index in [9.17, 15) is 13.6 Å². The van der Waals surface area contributed by atoms with Gasteiger partial charge in [-0.25, -0.2) is 8.78 Å². The van der Waals surface area contributed by atoms with Crippen molar-refractivity contribution in [2.75, 3.05) is 18.0 Å². The summed E-state index contributed by atoms with van der Waals surface area (Å²) < 4.78 is 28.7. The third-order valence-corrected chi connectivity index (χ3v) is 5.15. The molecule has 8 heteroatoms. The number of pyridine rings is 1. The third-order valence-electron chi connectivity index (χ3n) is 5.15. The van der Waals surface area contributed by atoms with E-state index >= 15 is 0 Å². The van der Waals surface area contributed by atoms with Crippen molar-refractivity contribution >= 4 is 17.5 Å². The average molecular weight is 385 g/mol. The number of amides is 1. The first kappa shape index (κ1) is 18.3. The van der Waals surface area contributed by atoms with E-state index in [0.717, 1.165) is 42.7 Å². The molecule has 1 saturated heterocycles. The lowest BCUT2D eigenvalue weighted by Crippen LogP contribution is -2.43. The molecule has 3 heterocycles. The van der Waals surface area contributed by atoms with Crippen molar-refractivity contribution in [3.8, 4) is 0 Å². The highest BCUT2D eigenvalue weighted by Crippen LogP contribution is 2.23. The Labute approximate surface area is 161 Å². The number of hydrogen-bond acceptors (Lipinski definition) is 4. The van der Waals surface area contributed by atoms with Crippen LogP contribution >= 0.6 is 0 Å². The van der Waals surface area contributed by atoms with Crippen LogP contribution < -0.4 is 10.2 Å². The molecule has 146 valence electrons. The number of fused-ring (bicyclic) bond motifs is 1. The van der Waals surface area contributed by atoms with E-state index in [1.54, 1.807) is 0 Å². The Morgan fingerprint density at radius 3 is 2.93 bits per heavy atom. The molecule has 3 aromatic rings. The van der Waals surface area contributed by atoms with E-state index < -0.39 is 11.6 Å². The summed E-state index contributed by atoms with van der Waals surface area (Å²) in [5.74, 6) is -0.926. The molecule has 6 nitrogen and oxygen atoms in total. The fourth-order valence-corrected chi connectivity index (χ4v) is 3.65. The molecule has 28 heavy (non-hydrogen) atoms. The molecule has 2 aromatic heterocycles. The topological polar surface area (TPSA) is 62.5 Å². The van der Waals surface area contributed by atoms with Gasteiger partial charge in [0.25, 0.3) is 0 Å². The monoisotopic (exact) mass is 385 g/mol. The summed E-state index contributed by atoms with van der Waals surface area (Å²) in [4.78, 5) is 14.7. The smallest absolute Gasteiger partial charge is 0.231 e. The largest absolute Gasteiger partial charge is 0.352 e. The highest BCUT2D eigenvalue weighted by Gasteiger charge is 2.28. The summed E-state index contributed by atoms with van der Waals surface area (Å²) in [6.07, 6.45) is 1.60. The van der Waals surface area contributed by atoms with Crippen LogP contribution in [0.25, 0.3) is 5.65 Å². The van der Waals surface area contributed by atoms with E-state index in [1.165, 1.54) is 12.1 Å². The average Bonchev–Trinajstić information content (AvgIpc) is 3.13. The minimum Gasteiger partial charge on any atom is -0.352 e. The number of halogens is 2. The maximum atomic E-state index is 13.8. The number of nitrogens with zero attached hydrogens (tertiary/aromatic N) is 4. The number of anilines is 1. The number of aromatic nitrogens is 3. The summed E-state index contributed by atoms with van der Waals surface area (Å²) >= 11 is 0. The number of benzene rings is 1. The highest BCUT2D eigenvalue weighted by molar-refractivity contribution is 5.79. The summed E-state index contributed by atoms with van der Waals surface area (Å²) in [5, 5.41) is 11.3. The zero-order valence-electron chi connectivity index (χ0n) is 15.5. The van der Waals surface area contributed by atoms with Crippen LogP contribution in [0.1, 0.15) is 24.1 Å². The molecule has 0 saturated carbocycles. The maximum Gasteiger partial charge on any atom is 0.231 e. The Hall–Kier alpha value is -3.03. The number of nitrogens with one attached hydrogen (secondary N) is 1. The fraction of sp³-hybridized carbons (Fsp3) is 0.350. The van der Waals surface area contributed by atoms with E-state index in [1.807, 2.05) is 29.5 Å². The molecule has 4 rings (SSSR count). The third kappa shape index (κ3) is 3.54. The van der Waals surface area contributed by atoms with Crippen LogP contribution in [-0.2, 0) is 11.3 Å². The zero-order valence-corrected chi connectivity index (χ0v) is 15.5. The second-order valence-corrected chi connectivity index (χ2v) is 7.10. The molecule has 1 aliphatic heterocycles. The summed E-state index contributed by atoms with van der Waals surface area (Å²) in [6, 6.07) is 9.18. The lowest BCUT2D eigenvalue weighted by Gasteiger charge is -2.32. The van der Waals surface area contributed by atoms with Gasteiger partial charge in [-0.3, -0.25) is 9.20 Å².